The Morgan fingerprint density at radius 2 is 1.90 bits per heavy atom. The Labute approximate surface area is 129 Å². The molecular formula is C15H15BrN2O3. The summed E-state index contributed by atoms with van der Waals surface area (Å²) in [6.07, 6.45) is 3.35. The van der Waals surface area contributed by atoms with E-state index in [1.165, 1.54) is 16.3 Å². The number of halogens is 1. The molecule has 0 bridgehead atoms. The van der Waals surface area contributed by atoms with Crippen molar-refractivity contribution in [1.82, 2.24) is 9.55 Å². The van der Waals surface area contributed by atoms with Crippen molar-refractivity contribution >= 4 is 21.7 Å². The first-order valence-electron chi connectivity index (χ1n) is 6.62. The van der Waals surface area contributed by atoms with Gasteiger partial charge >= 0.3 is 5.69 Å². The summed E-state index contributed by atoms with van der Waals surface area (Å²) in [5.41, 5.74) is 0.619. The minimum absolute atomic E-state index is 0.110. The standard InChI is InChI=1S/C15H15BrN2O3/c1-2-3-10-4-6-11(7-5-10)13(19)9-18-8-12(16)14(20)17-15(18)21/h4-8H,2-3,9H2,1H3,(H,17,20,21). The molecule has 1 aromatic carbocycles. The molecule has 0 spiro atoms. The van der Waals surface area contributed by atoms with Gasteiger partial charge in [0.25, 0.3) is 5.56 Å². The summed E-state index contributed by atoms with van der Waals surface area (Å²) >= 11 is 3.04. The van der Waals surface area contributed by atoms with Gasteiger partial charge in [-0.1, -0.05) is 37.6 Å². The number of hydrogen-bond donors (Lipinski definition) is 1. The zero-order valence-electron chi connectivity index (χ0n) is 11.6. The smallest absolute Gasteiger partial charge is 0.292 e. The maximum Gasteiger partial charge on any atom is 0.328 e. The molecule has 5 nitrogen and oxygen atoms in total. The molecule has 6 heteroatoms. The first-order chi connectivity index (χ1) is 10.0. The third-order valence-electron chi connectivity index (χ3n) is 3.10. The number of ketones is 1. The SMILES string of the molecule is CCCc1ccc(C(=O)Cn2cc(Br)c(=O)[nH]c2=O)cc1. The third kappa shape index (κ3) is 3.78. The van der Waals surface area contributed by atoms with Crippen LogP contribution in [0.2, 0.25) is 0 Å². The monoisotopic (exact) mass is 350 g/mol. The minimum Gasteiger partial charge on any atom is -0.292 e. The molecule has 1 N–H and O–H groups in total. The van der Waals surface area contributed by atoms with Gasteiger partial charge in [-0.05, 0) is 27.9 Å². The average Bonchev–Trinajstić information content (AvgIpc) is 2.46. The normalized spacial score (nSPS) is 10.6. The van der Waals surface area contributed by atoms with Crippen LogP contribution in [0.4, 0.5) is 0 Å². The number of aromatic amines is 1. The third-order valence-corrected chi connectivity index (χ3v) is 3.66. The number of H-pyrrole nitrogens is 1. The second kappa shape index (κ2) is 6.67. The second-order valence-corrected chi connectivity index (χ2v) is 5.59. The van der Waals surface area contributed by atoms with Gasteiger partial charge in [0, 0.05) is 11.8 Å². The Balaban J connectivity index is 2.20. The fraction of sp³-hybridized carbons (Fsp3) is 0.267. The first-order valence-corrected chi connectivity index (χ1v) is 7.42. The lowest BCUT2D eigenvalue weighted by atomic mass is 10.1. The van der Waals surface area contributed by atoms with Crippen LogP contribution in [0.15, 0.2) is 44.5 Å². The van der Waals surface area contributed by atoms with Gasteiger partial charge in [-0.25, -0.2) is 4.79 Å². The molecule has 0 radical (unpaired) electrons. The number of hydrogen-bond acceptors (Lipinski definition) is 3. The van der Waals surface area contributed by atoms with Crippen LogP contribution in [-0.4, -0.2) is 15.3 Å². The number of Topliss-reactive ketones (excluding diaryl/α,β-unsaturated/α-hetero) is 1. The summed E-state index contributed by atoms with van der Waals surface area (Å²) in [6.45, 7) is 1.99. The van der Waals surface area contributed by atoms with E-state index >= 15 is 0 Å². The molecule has 0 aliphatic heterocycles. The molecule has 0 aliphatic carbocycles. The summed E-state index contributed by atoms with van der Waals surface area (Å²) in [6, 6.07) is 7.36. The zero-order chi connectivity index (χ0) is 15.4. The molecule has 1 heterocycles. The van der Waals surface area contributed by atoms with Gasteiger partial charge in [0.15, 0.2) is 5.78 Å². The number of rotatable bonds is 5. The van der Waals surface area contributed by atoms with Crippen molar-refractivity contribution in [3.63, 3.8) is 0 Å². The van der Waals surface area contributed by atoms with Crippen LogP contribution in [0.1, 0.15) is 29.3 Å². The molecule has 110 valence electrons. The molecule has 0 amide bonds. The van der Waals surface area contributed by atoms with E-state index in [4.69, 9.17) is 0 Å². The summed E-state index contributed by atoms with van der Waals surface area (Å²) in [5, 5.41) is 0. The van der Waals surface area contributed by atoms with Crippen molar-refractivity contribution in [1.29, 1.82) is 0 Å². The molecule has 0 fully saturated rings. The predicted octanol–water partition coefficient (Wildman–Crippen LogP) is 2.13. The summed E-state index contributed by atoms with van der Waals surface area (Å²) in [7, 11) is 0. The maximum atomic E-state index is 12.2. The van der Waals surface area contributed by atoms with Crippen molar-refractivity contribution in [3.8, 4) is 0 Å². The number of carbonyl (C=O) groups excluding carboxylic acids is 1. The van der Waals surface area contributed by atoms with Crippen LogP contribution in [0, 0.1) is 0 Å². The van der Waals surface area contributed by atoms with Gasteiger partial charge in [0.05, 0.1) is 11.0 Å². The van der Waals surface area contributed by atoms with E-state index in [2.05, 4.69) is 27.8 Å². The number of aryl methyl sites for hydroxylation is 1. The zero-order valence-corrected chi connectivity index (χ0v) is 13.1. The van der Waals surface area contributed by atoms with Gasteiger partial charge in [-0.2, -0.15) is 0 Å². The van der Waals surface area contributed by atoms with Gasteiger partial charge in [0.1, 0.15) is 0 Å². The van der Waals surface area contributed by atoms with Crippen LogP contribution >= 0.6 is 15.9 Å². The lowest BCUT2D eigenvalue weighted by Crippen LogP contribution is -2.31. The number of nitrogens with one attached hydrogen (secondary N) is 1. The quantitative estimate of drug-likeness (QED) is 0.839. The highest BCUT2D eigenvalue weighted by atomic mass is 79.9. The Morgan fingerprint density at radius 3 is 2.52 bits per heavy atom. The molecule has 2 rings (SSSR count). The fourth-order valence-corrected chi connectivity index (χ4v) is 2.34. The first kappa shape index (κ1) is 15.4. The molecule has 0 unspecified atom stereocenters. The summed E-state index contributed by atoms with van der Waals surface area (Å²) < 4.78 is 1.39. The van der Waals surface area contributed by atoms with Crippen LogP contribution < -0.4 is 11.2 Å². The minimum atomic E-state index is -0.598. The van der Waals surface area contributed by atoms with Crippen LogP contribution in [0.25, 0.3) is 0 Å². The van der Waals surface area contributed by atoms with Gasteiger partial charge in [-0.3, -0.25) is 19.1 Å². The number of carbonyl (C=O) groups is 1. The average molecular weight is 351 g/mol. The van der Waals surface area contributed by atoms with Crippen LogP contribution in [-0.2, 0) is 13.0 Å². The highest BCUT2D eigenvalue weighted by Gasteiger charge is 2.09. The number of aromatic nitrogens is 2. The Kier molecular flexibility index (Phi) is 4.90. The van der Waals surface area contributed by atoms with Crippen LogP contribution in [0.3, 0.4) is 0 Å². The molecule has 0 atom stereocenters. The highest BCUT2D eigenvalue weighted by molar-refractivity contribution is 9.10. The Hall–Kier alpha value is -1.95. The van der Waals surface area contributed by atoms with Gasteiger partial charge in [-0.15, -0.1) is 0 Å². The highest BCUT2D eigenvalue weighted by Crippen LogP contribution is 2.08. The summed E-state index contributed by atoms with van der Waals surface area (Å²) in [4.78, 5) is 37.2. The van der Waals surface area contributed by atoms with Gasteiger partial charge < -0.3 is 0 Å². The Bertz CT molecular complexity index is 760. The predicted molar refractivity (Wildman–Crippen MR) is 83.8 cm³/mol. The molecule has 0 saturated carbocycles. The summed E-state index contributed by atoms with van der Waals surface area (Å²) in [5.74, 6) is -0.181. The van der Waals surface area contributed by atoms with E-state index in [0.717, 1.165) is 12.8 Å². The fourth-order valence-electron chi connectivity index (χ4n) is 1.99. The van der Waals surface area contributed by atoms with E-state index in [-0.39, 0.29) is 16.8 Å². The molecule has 1 aromatic heterocycles. The van der Waals surface area contributed by atoms with Crippen molar-refractivity contribution < 1.29 is 4.79 Å². The molecule has 0 aliphatic rings. The van der Waals surface area contributed by atoms with E-state index < -0.39 is 11.2 Å². The Morgan fingerprint density at radius 1 is 1.24 bits per heavy atom. The van der Waals surface area contributed by atoms with E-state index in [1.54, 1.807) is 12.1 Å². The van der Waals surface area contributed by atoms with Crippen molar-refractivity contribution in [3.05, 3.63) is 66.9 Å². The van der Waals surface area contributed by atoms with Crippen molar-refractivity contribution in [2.75, 3.05) is 0 Å². The number of benzene rings is 1. The van der Waals surface area contributed by atoms with E-state index in [0.29, 0.717) is 5.56 Å². The van der Waals surface area contributed by atoms with Crippen molar-refractivity contribution in [2.24, 2.45) is 0 Å². The molecule has 2 aromatic rings. The topological polar surface area (TPSA) is 71.9 Å². The maximum absolute atomic E-state index is 12.2. The lowest BCUT2D eigenvalue weighted by molar-refractivity contribution is 0.0970. The molecular weight excluding hydrogens is 336 g/mol. The largest absolute Gasteiger partial charge is 0.328 e. The number of nitrogens with zero attached hydrogens (tertiary/aromatic N) is 1. The molecule has 21 heavy (non-hydrogen) atoms. The van der Waals surface area contributed by atoms with Crippen LogP contribution in [0.5, 0.6) is 0 Å². The van der Waals surface area contributed by atoms with E-state index in [9.17, 15) is 14.4 Å². The van der Waals surface area contributed by atoms with E-state index in [1.807, 2.05) is 12.1 Å². The van der Waals surface area contributed by atoms with Crippen molar-refractivity contribution in [2.45, 2.75) is 26.3 Å². The lowest BCUT2D eigenvalue weighted by Gasteiger charge is -2.06. The van der Waals surface area contributed by atoms with Gasteiger partial charge in [0.2, 0.25) is 0 Å². The molecule has 0 saturated heterocycles. The second-order valence-electron chi connectivity index (χ2n) is 4.73.